The number of rotatable bonds is 3. The molecule has 2 aromatic carbocycles. The van der Waals surface area contributed by atoms with Crippen LogP contribution in [0.3, 0.4) is 0 Å². The number of Topliss-reactive ketones (excluding diaryl/α,β-unsaturated/α-hetero) is 1. The second-order valence-corrected chi connectivity index (χ2v) is 6.12. The van der Waals surface area contributed by atoms with Gasteiger partial charge in [0.15, 0.2) is 5.78 Å². The highest BCUT2D eigenvalue weighted by Gasteiger charge is 2.44. The van der Waals surface area contributed by atoms with Crippen LogP contribution < -0.4 is 0 Å². The van der Waals surface area contributed by atoms with Crippen LogP contribution in [0.15, 0.2) is 42.5 Å². The van der Waals surface area contributed by atoms with Gasteiger partial charge in [0.25, 0.3) is 0 Å². The Morgan fingerprint density at radius 2 is 1.95 bits per heavy atom. The Balaban J connectivity index is 1.82. The van der Waals surface area contributed by atoms with Crippen LogP contribution in [-0.4, -0.2) is 5.78 Å². The van der Waals surface area contributed by atoms with Gasteiger partial charge in [0.05, 0.1) is 0 Å². The van der Waals surface area contributed by atoms with Crippen molar-refractivity contribution in [3.05, 3.63) is 69.7 Å². The lowest BCUT2D eigenvalue weighted by Crippen LogP contribution is -2.06. The zero-order chi connectivity index (χ0) is 14.3. The average Bonchev–Trinajstić information content (AvgIpc) is 3.21. The third-order valence-electron chi connectivity index (χ3n) is 4.06. The lowest BCUT2D eigenvalue weighted by atomic mass is 9.97. The molecule has 102 valence electrons. The van der Waals surface area contributed by atoms with E-state index in [2.05, 4.69) is 6.07 Å². The summed E-state index contributed by atoms with van der Waals surface area (Å²) >= 11 is 6.02. The lowest BCUT2D eigenvalue weighted by Gasteiger charge is -2.06. The molecule has 3 rings (SSSR count). The first-order chi connectivity index (χ1) is 9.56. The van der Waals surface area contributed by atoms with E-state index in [1.54, 1.807) is 0 Å². The summed E-state index contributed by atoms with van der Waals surface area (Å²) < 4.78 is 0. The average molecular weight is 285 g/mol. The molecule has 1 aliphatic rings. The standard InChI is InChI=1S/C18H17ClO/c1-11-6-7-12(2)15(8-11)18(20)17-10-16(17)13-4-3-5-14(19)9-13/h3-9,16-17H,10H2,1-2H3. The Kier molecular flexibility index (Phi) is 3.39. The van der Waals surface area contributed by atoms with Crippen LogP contribution in [0.5, 0.6) is 0 Å². The first-order valence-corrected chi connectivity index (χ1v) is 7.31. The van der Waals surface area contributed by atoms with Gasteiger partial charge in [0.1, 0.15) is 0 Å². The topological polar surface area (TPSA) is 17.1 Å². The van der Waals surface area contributed by atoms with Crippen molar-refractivity contribution in [3.63, 3.8) is 0 Å². The van der Waals surface area contributed by atoms with E-state index in [1.165, 1.54) is 5.56 Å². The molecule has 2 atom stereocenters. The summed E-state index contributed by atoms with van der Waals surface area (Å²) in [6.45, 7) is 4.03. The molecular weight excluding hydrogens is 268 g/mol. The molecule has 0 amide bonds. The van der Waals surface area contributed by atoms with E-state index in [0.29, 0.717) is 5.92 Å². The number of hydrogen-bond acceptors (Lipinski definition) is 1. The third kappa shape index (κ3) is 2.51. The number of carbonyl (C=O) groups excluding carboxylic acids is 1. The molecule has 0 aliphatic heterocycles. The highest BCUT2D eigenvalue weighted by molar-refractivity contribution is 6.30. The van der Waals surface area contributed by atoms with Crippen molar-refractivity contribution in [2.75, 3.05) is 0 Å². The monoisotopic (exact) mass is 284 g/mol. The highest BCUT2D eigenvalue weighted by Crippen LogP contribution is 2.49. The first-order valence-electron chi connectivity index (χ1n) is 6.93. The molecule has 0 heterocycles. The molecule has 0 aromatic heterocycles. The number of halogens is 1. The van der Waals surface area contributed by atoms with E-state index >= 15 is 0 Å². The fourth-order valence-corrected chi connectivity index (χ4v) is 2.99. The van der Waals surface area contributed by atoms with Gasteiger partial charge < -0.3 is 0 Å². The molecule has 2 heteroatoms. The van der Waals surface area contributed by atoms with Crippen LogP contribution in [0, 0.1) is 19.8 Å². The summed E-state index contributed by atoms with van der Waals surface area (Å²) in [7, 11) is 0. The molecule has 1 aliphatic carbocycles. The van der Waals surface area contributed by atoms with Crippen molar-refractivity contribution in [3.8, 4) is 0 Å². The second-order valence-electron chi connectivity index (χ2n) is 5.69. The molecule has 0 spiro atoms. The van der Waals surface area contributed by atoms with Gasteiger partial charge in [-0.3, -0.25) is 4.79 Å². The van der Waals surface area contributed by atoms with Gasteiger partial charge >= 0.3 is 0 Å². The smallest absolute Gasteiger partial charge is 0.166 e. The van der Waals surface area contributed by atoms with E-state index in [0.717, 1.165) is 28.1 Å². The largest absolute Gasteiger partial charge is 0.294 e. The number of aryl methyl sites for hydroxylation is 2. The van der Waals surface area contributed by atoms with Gasteiger partial charge in [0.2, 0.25) is 0 Å². The van der Waals surface area contributed by atoms with Crippen molar-refractivity contribution in [2.45, 2.75) is 26.2 Å². The van der Waals surface area contributed by atoms with Gasteiger partial charge in [-0.25, -0.2) is 0 Å². The molecule has 20 heavy (non-hydrogen) atoms. The van der Waals surface area contributed by atoms with Crippen molar-refractivity contribution in [1.29, 1.82) is 0 Å². The molecule has 0 bridgehead atoms. The minimum Gasteiger partial charge on any atom is -0.294 e. The van der Waals surface area contributed by atoms with Gasteiger partial charge in [-0.15, -0.1) is 0 Å². The SMILES string of the molecule is Cc1ccc(C)c(C(=O)C2CC2c2cccc(Cl)c2)c1. The van der Waals surface area contributed by atoms with Gasteiger partial charge in [-0.2, -0.15) is 0 Å². The summed E-state index contributed by atoms with van der Waals surface area (Å²) in [5.41, 5.74) is 4.26. The van der Waals surface area contributed by atoms with Crippen LogP contribution in [0.4, 0.5) is 0 Å². The van der Waals surface area contributed by atoms with E-state index in [9.17, 15) is 4.79 Å². The number of ketones is 1. The van der Waals surface area contributed by atoms with Gasteiger partial charge in [-0.1, -0.05) is 41.4 Å². The maximum atomic E-state index is 12.6. The molecule has 0 saturated heterocycles. The van der Waals surface area contributed by atoms with Crippen molar-refractivity contribution in [1.82, 2.24) is 0 Å². The molecule has 1 nitrogen and oxygen atoms in total. The Morgan fingerprint density at radius 1 is 1.15 bits per heavy atom. The van der Waals surface area contributed by atoms with Gasteiger partial charge in [-0.05, 0) is 55.5 Å². The quantitative estimate of drug-likeness (QED) is 0.729. The lowest BCUT2D eigenvalue weighted by molar-refractivity contribution is 0.0964. The summed E-state index contributed by atoms with van der Waals surface area (Å²) in [6, 6.07) is 13.9. The van der Waals surface area contributed by atoms with Crippen molar-refractivity contribution < 1.29 is 4.79 Å². The number of benzene rings is 2. The minimum atomic E-state index is 0.119. The predicted octanol–water partition coefficient (Wildman–Crippen LogP) is 4.94. The second kappa shape index (κ2) is 5.06. The Morgan fingerprint density at radius 3 is 2.70 bits per heavy atom. The Labute approximate surface area is 124 Å². The summed E-state index contributed by atoms with van der Waals surface area (Å²) in [6.07, 6.45) is 0.937. The van der Waals surface area contributed by atoms with E-state index in [1.807, 2.05) is 50.2 Å². The minimum absolute atomic E-state index is 0.119. The molecule has 0 radical (unpaired) electrons. The van der Waals surface area contributed by atoms with E-state index < -0.39 is 0 Å². The predicted molar refractivity (Wildman–Crippen MR) is 82.5 cm³/mol. The van der Waals surface area contributed by atoms with Crippen LogP contribution in [-0.2, 0) is 0 Å². The third-order valence-corrected chi connectivity index (χ3v) is 4.30. The molecule has 2 aromatic rings. The fraction of sp³-hybridized carbons (Fsp3) is 0.278. The number of carbonyl (C=O) groups is 1. The van der Waals surface area contributed by atoms with Crippen LogP contribution in [0.2, 0.25) is 5.02 Å². The van der Waals surface area contributed by atoms with E-state index in [4.69, 9.17) is 11.6 Å². The zero-order valence-corrected chi connectivity index (χ0v) is 12.4. The van der Waals surface area contributed by atoms with E-state index in [-0.39, 0.29) is 11.7 Å². The van der Waals surface area contributed by atoms with Crippen molar-refractivity contribution in [2.24, 2.45) is 5.92 Å². The normalized spacial score (nSPS) is 20.8. The van der Waals surface area contributed by atoms with Crippen molar-refractivity contribution >= 4 is 17.4 Å². The Bertz CT molecular complexity index is 675. The maximum Gasteiger partial charge on any atom is 0.166 e. The molecule has 1 fully saturated rings. The molecular formula is C18H17ClO. The molecule has 1 saturated carbocycles. The Hall–Kier alpha value is -1.60. The highest BCUT2D eigenvalue weighted by atomic mass is 35.5. The van der Waals surface area contributed by atoms with Gasteiger partial charge in [0, 0.05) is 16.5 Å². The maximum absolute atomic E-state index is 12.6. The molecule has 0 N–H and O–H groups in total. The van der Waals surface area contributed by atoms with Crippen LogP contribution in [0.25, 0.3) is 0 Å². The number of hydrogen-bond donors (Lipinski definition) is 0. The summed E-state index contributed by atoms with van der Waals surface area (Å²) in [5, 5.41) is 0.743. The summed E-state index contributed by atoms with van der Waals surface area (Å²) in [5.74, 6) is 0.728. The summed E-state index contributed by atoms with van der Waals surface area (Å²) in [4.78, 5) is 12.6. The fourth-order valence-electron chi connectivity index (χ4n) is 2.79. The van der Waals surface area contributed by atoms with Crippen LogP contribution in [0.1, 0.15) is 39.4 Å². The van der Waals surface area contributed by atoms with Crippen LogP contribution >= 0.6 is 11.6 Å². The molecule has 2 unspecified atom stereocenters. The zero-order valence-electron chi connectivity index (χ0n) is 11.7. The first kappa shape index (κ1) is 13.4.